The van der Waals surface area contributed by atoms with E-state index in [0.29, 0.717) is 5.56 Å². The van der Waals surface area contributed by atoms with Crippen LogP contribution in [0, 0.1) is 0 Å². The summed E-state index contributed by atoms with van der Waals surface area (Å²) in [6.45, 7) is 0. The zero-order chi connectivity index (χ0) is 21.9. The Kier molecular flexibility index (Phi) is 3.89. The van der Waals surface area contributed by atoms with E-state index in [1.54, 1.807) is 7.05 Å². The number of aromatic amines is 2. The van der Waals surface area contributed by atoms with Gasteiger partial charge in [0, 0.05) is 18.3 Å². The minimum Gasteiger partial charge on any atom is -0.355 e. The van der Waals surface area contributed by atoms with E-state index < -0.39 is 0 Å². The molecule has 0 unspecified atom stereocenters. The van der Waals surface area contributed by atoms with Gasteiger partial charge in [-0.25, -0.2) is 9.78 Å². The summed E-state index contributed by atoms with van der Waals surface area (Å²) >= 11 is 0. The molecule has 5 aromatic rings. The van der Waals surface area contributed by atoms with Crippen molar-refractivity contribution in [3.63, 3.8) is 0 Å². The molecule has 7 nitrogen and oxygen atoms in total. The summed E-state index contributed by atoms with van der Waals surface area (Å²) in [5.41, 5.74) is 5.52. The molecule has 1 aliphatic carbocycles. The van der Waals surface area contributed by atoms with Gasteiger partial charge in [0.15, 0.2) is 0 Å². The number of benzene rings is 3. The first-order valence-electron chi connectivity index (χ1n) is 10.6. The molecule has 1 fully saturated rings. The molecule has 2 heterocycles. The Morgan fingerprint density at radius 1 is 1.00 bits per heavy atom. The van der Waals surface area contributed by atoms with Crippen molar-refractivity contribution in [2.24, 2.45) is 0 Å². The number of amides is 1. The first kappa shape index (κ1) is 18.6. The molecule has 6 rings (SSSR count). The molecule has 0 aliphatic heterocycles. The lowest BCUT2D eigenvalue weighted by molar-refractivity contribution is 0.0963. The van der Waals surface area contributed by atoms with Gasteiger partial charge in [0.05, 0.1) is 27.5 Å². The summed E-state index contributed by atoms with van der Waals surface area (Å²) in [5, 5.41) is 2.68. The Morgan fingerprint density at radius 3 is 2.53 bits per heavy atom. The molecule has 0 radical (unpaired) electrons. The van der Waals surface area contributed by atoms with Crippen molar-refractivity contribution in [3.8, 4) is 5.69 Å². The van der Waals surface area contributed by atoms with E-state index in [1.165, 1.54) is 5.56 Å². The summed E-state index contributed by atoms with van der Waals surface area (Å²) in [6, 6.07) is 21.9. The maximum absolute atomic E-state index is 12.2. The lowest BCUT2D eigenvalue weighted by Gasteiger charge is -2.18. The predicted octanol–water partition coefficient (Wildman–Crippen LogP) is 3.63. The van der Waals surface area contributed by atoms with Crippen LogP contribution in [0.3, 0.4) is 0 Å². The fourth-order valence-electron chi connectivity index (χ4n) is 4.63. The van der Waals surface area contributed by atoms with Gasteiger partial charge in [-0.1, -0.05) is 30.3 Å². The fraction of sp³-hybridized carbons (Fsp3) is 0.160. The van der Waals surface area contributed by atoms with Crippen molar-refractivity contribution in [2.45, 2.75) is 18.3 Å². The van der Waals surface area contributed by atoms with Crippen molar-refractivity contribution < 1.29 is 4.79 Å². The molecule has 0 atom stereocenters. The number of H-pyrrole nitrogens is 2. The molecule has 2 aromatic heterocycles. The topological polar surface area (TPSA) is 95.6 Å². The van der Waals surface area contributed by atoms with E-state index in [9.17, 15) is 9.59 Å². The highest BCUT2D eigenvalue weighted by atomic mass is 16.1. The molecule has 3 N–H and O–H groups in total. The maximum Gasteiger partial charge on any atom is 0.323 e. The summed E-state index contributed by atoms with van der Waals surface area (Å²) in [6.07, 6.45) is 2.01. The second-order valence-electron chi connectivity index (χ2n) is 8.31. The van der Waals surface area contributed by atoms with Crippen LogP contribution >= 0.6 is 0 Å². The Morgan fingerprint density at radius 2 is 1.78 bits per heavy atom. The first-order chi connectivity index (χ1) is 15.6. The van der Waals surface area contributed by atoms with Crippen LogP contribution in [0.15, 0.2) is 71.5 Å². The molecule has 0 bridgehead atoms. The fourth-order valence-corrected chi connectivity index (χ4v) is 4.63. The van der Waals surface area contributed by atoms with Crippen LogP contribution in [0.4, 0.5) is 0 Å². The first-order valence-corrected chi connectivity index (χ1v) is 10.6. The zero-order valence-electron chi connectivity index (χ0n) is 17.5. The van der Waals surface area contributed by atoms with Gasteiger partial charge >= 0.3 is 5.69 Å². The SMILES string of the molecule is CNC(=O)c1ccc2c(c1)nc(C1(c3ccccc3)CC1)n2-c1ccc2[nH]c(=O)[nH]c2c1. The molecule has 0 saturated heterocycles. The zero-order valence-corrected chi connectivity index (χ0v) is 17.5. The summed E-state index contributed by atoms with van der Waals surface area (Å²) in [4.78, 5) is 34.7. The molecule has 32 heavy (non-hydrogen) atoms. The van der Waals surface area contributed by atoms with Gasteiger partial charge in [0.25, 0.3) is 5.91 Å². The number of aromatic nitrogens is 4. The second-order valence-corrected chi connectivity index (χ2v) is 8.31. The van der Waals surface area contributed by atoms with Gasteiger partial charge in [-0.05, 0) is 54.8 Å². The lowest BCUT2D eigenvalue weighted by atomic mass is 9.95. The number of nitrogens with zero attached hydrogens (tertiary/aromatic N) is 2. The quantitative estimate of drug-likeness (QED) is 0.412. The third kappa shape index (κ3) is 2.71. The third-order valence-electron chi connectivity index (χ3n) is 6.41. The van der Waals surface area contributed by atoms with Gasteiger partial charge in [0.1, 0.15) is 5.82 Å². The Hall–Kier alpha value is -4.13. The minimum absolute atomic E-state index is 0.140. The van der Waals surface area contributed by atoms with Crippen LogP contribution in [0.2, 0.25) is 0 Å². The van der Waals surface area contributed by atoms with Crippen molar-refractivity contribution in [1.82, 2.24) is 24.8 Å². The molecule has 0 spiro atoms. The monoisotopic (exact) mass is 423 g/mol. The largest absolute Gasteiger partial charge is 0.355 e. The highest BCUT2D eigenvalue weighted by Crippen LogP contribution is 2.54. The molecule has 1 saturated carbocycles. The maximum atomic E-state index is 12.2. The number of imidazole rings is 2. The van der Waals surface area contributed by atoms with Crippen molar-refractivity contribution in [3.05, 3.63) is 94.2 Å². The van der Waals surface area contributed by atoms with Crippen molar-refractivity contribution in [1.29, 1.82) is 0 Å². The second kappa shape index (κ2) is 6.68. The number of nitrogens with one attached hydrogen (secondary N) is 3. The number of carbonyl (C=O) groups excluding carboxylic acids is 1. The molecule has 1 aliphatic rings. The molecule has 3 aromatic carbocycles. The Bertz CT molecular complexity index is 1550. The van der Waals surface area contributed by atoms with E-state index in [1.807, 2.05) is 42.5 Å². The van der Waals surface area contributed by atoms with Gasteiger partial charge in [-0.2, -0.15) is 0 Å². The van der Waals surface area contributed by atoms with E-state index >= 15 is 0 Å². The smallest absolute Gasteiger partial charge is 0.323 e. The van der Waals surface area contributed by atoms with Crippen LogP contribution in [0.1, 0.15) is 34.6 Å². The highest BCUT2D eigenvalue weighted by molar-refractivity contribution is 5.97. The van der Waals surface area contributed by atoms with Gasteiger partial charge in [0.2, 0.25) is 0 Å². The Balaban J connectivity index is 1.63. The van der Waals surface area contributed by atoms with E-state index in [-0.39, 0.29) is 17.0 Å². The number of hydrogen-bond donors (Lipinski definition) is 3. The van der Waals surface area contributed by atoms with Crippen LogP contribution in [0.5, 0.6) is 0 Å². The van der Waals surface area contributed by atoms with Gasteiger partial charge < -0.3 is 15.3 Å². The summed E-state index contributed by atoms with van der Waals surface area (Å²) in [5.74, 6) is 0.809. The summed E-state index contributed by atoms with van der Waals surface area (Å²) in [7, 11) is 1.62. The normalized spacial score (nSPS) is 14.7. The third-order valence-corrected chi connectivity index (χ3v) is 6.41. The van der Waals surface area contributed by atoms with E-state index in [2.05, 4.69) is 44.1 Å². The standard InChI is InChI=1S/C25H21N5O2/c1-26-22(31)15-7-10-21-20(13-15)27-23(25(11-12-25)16-5-3-2-4-6-16)30(21)17-8-9-18-19(14-17)29-24(32)28-18/h2-10,13-14H,11-12H2,1H3,(H,26,31)(H2,28,29,32). The van der Waals surface area contributed by atoms with Crippen LogP contribution in [-0.4, -0.2) is 32.5 Å². The van der Waals surface area contributed by atoms with E-state index in [4.69, 9.17) is 4.98 Å². The van der Waals surface area contributed by atoms with Crippen LogP contribution in [-0.2, 0) is 5.41 Å². The lowest BCUT2D eigenvalue weighted by Crippen LogP contribution is -2.17. The number of rotatable bonds is 4. The number of carbonyl (C=O) groups is 1. The van der Waals surface area contributed by atoms with Crippen molar-refractivity contribution in [2.75, 3.05) is 7.05 Å². The minimum atomic E-state index is -0.231. The number of fused-ring (bicyclic) bond motifs is 2. The van der Waals surface area contributed by atoms with Crippen LogP contribution in [0.25, 0.3) is 27.8 Å². The average molecular weight is 423 g/mol. The van der Waals surface area contributed by atoms with Crippen molar-refractivity contribution >= 4 is 28.0 Å². The molecule has 1 amide bonds. The number of hydrogen-bond acceptors (Lipinski definition) is 3. The highest BCUT2D eigenvalue weighted by Gasteiger charge is 2.50. The predicted molar refractivity (Wildman–Crippen MR) is 123 cm³/mol. The van der Waals surface area contributed by atoms with Gasteiger partial charge in [-0.3, -0.25) is 9.36 Å². The van der Waals surface area contributed by atoms with Gasteiger partial charge in [-0.15, -0.1) is 0 Å². The molecular formula is C25H21N5O2. The molecular weight excluding hydrogens is 402 g/mol. The average Bonchev–Trinajstić information content (AvgIpc) is 3.41. The Labute approximate surface area is 183 Å². The summed E-state index contributed by atoms with van der Waals surface area (Å²) < 4.78 is 2.16. The molecule has 7 heteroatoms. The molecule has 158 valence electrons. The van der Waals surface area contributed by atoms with E-state index in [0.717, 1.165) is 46.4 Å². The van der Waals surface area contributed by atoms with Crippen LogP contribution < -0.4 is 11.0 Å².